The third-order valence-corrected chi connectivity index (χ3v) is 7.36. The highest BCUT2D eigenvalue weighted by Crippen LogP contribution is 2.36. The zero-order chi connectivity index (χ0) is 22.2. The summed E-state index contributed by atoms with van der Waals surface area (Å²) in [6.07, 6.45) is 6.27. The molecule has 1 N–H and O–H groups in total. The molecule has 3 rings (SSSR count). The summed E-state index contributed by atoms with van der Waals surface area (Å²) in [5.41, 5.74) is -1.26. The largest absolute Gasteiger partial charge is 0.444 e. The molecule has 162 valence electrons. The van der Waals surface area contributed by atoms with Crippen molar-refractivity contribution in [2.24, 2.45) is 9.36 Å². The number of aliphatic imine (C=N–C) groups is 1. The van der Waals surface area contributed by atoms with E-state index in [1.807, 2.05) is 0 Å². The number of rotatable bonds is 1. The lowest BCUT2D eigenvalue weighted by molar-refractivity contribution is 0.0558. The Morgan fingerprint density at radius 3 is 2.80 bits per heavy atom. The van der Waals surface area contributed by atoms with Crippen LogP contribution >= 0.6 is 0 Å². The molecule has 0 aliphatic carbocycles. The van der Waals surface area contributed by atoms with Crippen molar-refractivity contribution in [1.29, 1.82) is 0 Å². The summed E-state index contributed by atoms with van der Waals surface area (Å²) < 4.78 is 39.9. The number of ether oxygens (including phenoxy) is 1. The van der Waals surface area contributed by atoms with Gasteiger partial charge in [0, 0.05) is 17.7 Å². The fourth-order valence-corrected chi connectivity index (χ4v) is 6.01. The van der Waals surface area contributed by atoms with Gasteiger partial charge in [-0.15, -0.1) is 6.42 Å². The Morgan fingerprint density at radius 1 is 1.40 bits per heavy atom. The highest BCUT2D eigenvalue weighted by molar-refractivity contribution is 7.92. The van der Waals surface area contributed by atoms with Crippen LogP contribution in [0.3, 0.4) is 0 Å². The van der Waals surface area contributed by atoms with Gasteiger partial charge in [0.05, 0.1) is 12.3 Å². The number of fused-ring (bicyclic) bond motifs is 1. The van der Waals surface area contributed by atoms with Crippen LogP contribution in [0.1, 0.15) is 51.7 Å². The van der Waals surface area contributed by atoms with Crippen molar-refractivity contribution in [3.63, 3.8) is 0 Å². The molecular formula is C21H27FN4O3S. The van der Waals surface area contributed by atoms with Gasteiger partial charge in [0.2, 0.25) is 5.96 Å². The van der Waals surface area contributed by atoms with E-state index in [1.165, 1.54) is 22.5 Å². The van der Waals surface area contributed by atoms with E-state index in [2.05, 4.69) is 20.6 Å². The monoisotopic (exact) mass is 434 g/mol. The Bertz CT molecular complexity index is 1050. The third-order valence-electron chi connectivity index (χ3n) is 4.79. The molecule has 2 aliphatic heterocycles. The van der Waals surface area contributed by atoms with Crippen molar-refractivity contribution in [2.45, 2.75) is 51.7 Å². The highest BCUT2D eigenvalue weighted by Gasteiger charge is 2.43. The molecule has 1 aromatic rings. The van der Waals surface area contributed by atoms with E-state index in [4.69, 9.17) is 11.2 Å². The second-order valence-corrected chi connectivity index (χ2v) is 10.8. The van der Waals surface area contributed by atoms with Crippen LogP contribution in [-0.4, -0.2) is 45.0 Å². The van der Waals surface area contributed by atoms with Crippen LogP contribution in [0.15, 0.2) is 27.6 Å². The molecule has 1 amide bonds. The summed E-state index contributed by atoms with van der Waals surface area (Å²) in [7, 11) is -2.96. The van der Waals surface area contributed by atoms with Crippen molar-refractivity contribution in [3.05, 3.63) is 35.1 Å². The molecule has 0 bridgehead atoms. The number of amides is 1. The van der Waals surface area contributed by atoms with E-state index >= 15 is 0 Å². The molecule has 30 heavy (non-hydrogen) atoms. The third kappa shape index (κ3) is 4.59. The lowest BCUT2D eigenvalue weighted by Gasteiger charge is -2.39. The number of hydrogen-bond donors (Lipinski definition) is 1. The summed E-state index contributed by atoms with van der Waals surface area (Å²) in [4.78, 5) is 17.1. The number of guanidine groups is 1. The van der Waals surface area contributed by atoms with Gasteiger partial charge in [-0.05, 0) is 58.7 Å². The molecule has 2 heterocycles. The van der Waals surface area contributed by atoms with Gasteiger partial charge in [-0.1, -0.05) is 5.92 Å². The summed E-state index contributed by atoms with van der Waals surface area (Å²) >= 11 is 0. The zero-order valence-electron chi connectivity index (χ0n) is 17.7. The van der Waals surface area contributed by atoms with E-state index < -0.39 is 33.0 Å². The predicted octanol–water partition coefficient (Wildman–Crippen LogP) is 3.40. The van der Waals surface area contributed by atoms with Crippen molar-refractivity contribution in [3.8, 4) is 12.3 Å². The van der Waals surface area contributed by atoms with Crippen LogP contribution in [0.25, 0.3) is 0 Å². The summed E-state index contributed by atoms with van der Waals surface area (Å²) in [5.74, 6) is 2.03. The van der Waals surface area contributed by atoms with Gasteiger partial charge in [-0.2, -0.15) is 0 Å². The lowest BCUT2D eigenvalue weighted by Crippen LogP contribution is -2.55. The van der Waals surface area contributed by atoms with Crippen LogP contribution in [0.4, 0.5) is 9.18 Å². The quantitative estimate of drug-likeness (QED) is 0.688. The fourth-order valence-electron chi connectivity index (χ4n) is 3.49. The number of carbonyl (C=O) groups excluding carboxylic acids is 1. The zero-order valence-corrected chi connectivity index (χ0v) is 18.5. The molecule has 2 atom stereocenters. The Hall–Kier alpha value is -2.60. The molecule has 0 radical (unpaired) electrons. The molecule has 9 heteroatoms. The van der Waals surface area contributed by atoms with Crippen molar-refractivity contribution in [2.75, 3.05) is 18.8 Å². The first-order valence-electron chi connectivity index (χ1n) is 9.81. The molecule has 7 nitrogen and oxygen atoms in total. The lowest BCUT2D eigenvalue weighted by atomic mass is 9.92. The van der Waals surface area contributed by atoms with Gasteiger partial charge in [-0.25, -0.2) is 22.7 Å². The van der Waals surface area contributed by atoms with Crippen molar-refractivity contribution >= 4 is 22.0 Å². The smallest absolute Gasteiger partial charge is 0.414 e. The molecular weight excluding hydrogens is 407 g/mol. The Morgan fingerprint density at radius 2 is 2.13 bits per heavy atom. The number of carbonyl (C=O) groups is 1. The average molecular weight is 435 g/mol. The van der Waals surface area contributed by atoms with Crippen LogP contribution in [0, 0.1) is 18.2 Å². The number of hydrogen-bond acceptors (Lipinski definition) is 5. The van der Waals surface area contributed by atoms with Gasteiger partial charge in [0.1, 0.15) is 26.9 Å². The Labute approximate surface area is 177 Å². The van der Waals surface area contributed by atoms with Gasteiger partial charge in [0.25, 0.3) is 0 Å². The molecule has 0 unspecified atom stereocenters. The van der Waals surface area contributed by atoms with Crippen LogP contribution in [-0.2, 0) is 20.2 Å². The van der Waals surface area contributed by atoms with E-state index in [9.17, 15) is 13.4 Å². The summed E-state index contributed by atoms with van der Waals surface area (Å²) in [6, 6.07) is 4.30. The molecule has 1 aromatic carbocycles. The second kappa shape index (κ2) is 7.91. The number of alkyl carbamates (subject to hydrolysis) is 1. The molecule has 0 aromatic heterocycles. The van der Waals surface area contributed by atoms with Crippen molar-refractivity contribution < 1.29 is 18.1 Å². The van der Waals surface area contributed by atoms with Gasteiger partial charge >= 0.3 is 6.09 Å². The van der Waals surface area contributed by atoms with Gasteiger partial charge in [-0.3, -0.25) is 9.62 Å². The Balaban J connectivity index is 2.12. The van der Waals surface area contributed by atoms with Gasteiger partial charge in [0.15, 0.2) is 0 Å². The predicted molar refractivity (Wildman–Crippen MR) is 115 cm³/mol. The standard InChI is InChI=1S/C21H27FN4O3S/c1-6-15-9-10-17(22)16(13-15)21(5)14-30(28)23-11-7-8-12-26(30)18(25-21)24-19(27)29-20(2,3)4/h1,9-10,13H,7-8,11-12,14H2,2-5H3,(H,24,25,27)/t21-,30-/m0/s1. The SMILES string of the molecule is C#Cc1ccc(F)c([C@]2(C)C[S@]3(=O)=NCCCCN3C(NC(=O)OC(C)(C)C)=N2)c1. The molecule has 0 saturated heterocycles. The minimum Gasteiger partial charge on any atom is -0.444 e. The second-order valence-electron chi connectivity index (χ2n) is 8.59. The van der Waals surface area contributed by atoms with E-state index in [0.29, 0.717) is 18.7 Å². The minimum atomic E-state index is -2.96. The summed E-state index contributed by atoms with van der Waals surface area (Å²) in [5, 5.41) is 2.61. The first kappa shape index (κ1) is 22.1. The number of benzene rings is 1. The maximum Gasteiger partial charge on any atom is 0.414 e. The maximum atomic E-state index is 14.8. The molecule has 0 spiro atoms. The number of terminal acetylenes is 1. The average Bonchev–Trinajstić information content (AvgIpc) is 2.81. The minimum absolute atomic E-state index is 0.00948. The summed E-state index contributed by atoms with van der Waals surface area (Å²) in [6.45, 7) is 7.74. The highest BCUT2D eigenvalue weighted by atomic mass is 32.2. The normalized spacial score (nSPS) is 26.4. The fraction of sp³-hybridized carbons (Fsp3) is 0.524. The first-order valence-corrected chi connectivity index (χ1v) is 11.4. The maximum absolute atomic E-state index is 14.8. The number of nitrogens with one attached hydrogen (secondary N) is 1. The van der Waals surface area contributed by atoms with E-state index in [1.54, 1.807) is 27.7 Å². The van der Waals surface area contributed by atoms with Crippen LogP contribution in [0.2, 0.25) is 0 Å². The topological polar surface area (TPSA) is 83.4 Å². The molecule has 0 fully saturated rings. The first-order chi connectivity index (χ1) is 14.0. The van der Waals surface area contributed by atoms with E-state index in [0.717, 1.165) is 12.8 Å². The number of nitrogens with zero attached hydrogens (tertiary/aromatic N) is 3. The van der Waals surface area contributed by atoms with Gasteiger partial charge < -0.3 is 4.74 Å². The number of halogens is 1. The van der Waals surface area contributed by atoms with Crippen LogP contribution in [0.5, 0.6) is 0 Å². The van der Waals surface area contributed by atoms with E-state index in [-0.39, 0.29) is 17.3 Å². The molecule has 0 saturated carbocycles. The van der Waals surface area contributed by atoms with Crippen LogP contribution < -0.4 is 5.32 Å². The van der Waals surface area contributed by atoms with Crippen molar-refractivity contribution in [1.82, 2.24) is 9.62 Å². The molecule has 2 aliphatic rings. The Kier molecular flexibility index (Phi) is 5.83.